The largest absolute Gasteiger partial charge is 0.388 e. The van der Waals surface area contributed by atoms with Gasteiger partial charge in [-0.05, 0) is 18.4 Å². The van der Waals surface area contributed by atoms with Gasteiger partial charge in [0.05, 0.1) is 0 Å². The summed E-state index contributed by atoms with van der Waals surface area (Å²) in [5, 5.41) is 17.4. The molecule has 2 aromatic rings. The van der Waals surface area contributed by atoms with E-state index in [2.05, 4.69) is 48.3 Å². The Morgan fingerprint density at radius 1 is 1.17 bits per heavy atom. The van der Waals surface area contributed by atoms with Gasteiger partial charge < -0.3 is 9.67 Å². The second kappa shape index (κ2) is 5.31. The van der Waals surface area contributed by atoms with Crippen molar-refractivity contribution in [3.63, 3.8) is 0 Å². The quantitative estimate of drug-likeness (QED) is 0.900. The van der Waals surface area contributed by atoms with Crippen molar-refractivity contribution in [1.29, 1.82) is 0 Å². The van der Waals surface area contributed by atoms with Gasteiger partial charge in [0, 0.05) is 12.1 Å². The fourth-order valence-electron chi connectivity index (χ4n) is 2.02. The second-order valence-electron chi connectivity index (χ2n) is 4.62. The lowest BCUT2D eigenvalue weighted by atomic mass is 10.0. The van der Waals surface area contributed by atoms with Gasteiger partial charge in [-0.1, -0.05) is 38.1 Å². The Labute approximate surface area is 107 Å². The van der Waals surface area contributed by atoms with Gasteiger partial charge in [0.1, 0.15) is 6.61 Å². The standard InChI is InChI=1S/C14H19N3O/c1-4-17-13(9-18)15-16-14(17)12-7-5-11(6-8-12)10(2)3/h5-8,10,18H,4,9H2,1-3H3. The Kier molecular flexibility index (Phi) is 3.77. The Bertz CT molecular complexity index is 514. The molecule has 0 radical (unpaired) electrons. The van der Waals surface area contributed by atoms with E-state index in [0.717, 1.165) is 17.9 Å². The molecule has 1 heterocycles. The molecule has 0 aliphatic rings. The number of aromatic nitrogens is 3. The van der Waals surface area contributed by atoms with Gasteiger partial charge >= 0.3 is 0 Å². The first-order valence-electron chi connectivity index (χ1n) is 6.30. The first-order valence-corrected chi connectivity index (χ1v) is 6.30. The summed E-state index contributed by atoms with van der Waals surface area (Å²) in [4.78, 5) is 0. The summed E-state index contributed by atoms with van der Waals surface area (Å²) in [5.74, 6) is 1.95. The SMILES string of the molecule is CCn1c(CO)nnc1-c1ccc(C(C)C)cc1. The maximum absolute atomic E-state index is 9.20. The normalized spacial score (nSPS) is 11.2. The molecule has 0 aliphatic carbocycles. The van der Waals surface area contributed by atoms with Crippen molar-refractivity contribution in [1.82, 2.24) is 14.8 Å². The molecule has 0 atom stereocenters. The van der Waals surface area contributed by atoms with Crippen LogP contribution in [-0.2, 0) is 13.2 Å². The summed E-state index contributed by atoms with van der Waals surface area (Å²) >= 11 is 0. The van der Waals surface area contributed by atoms with Crippen LogP contribution in [0.1, 0.15) is 38.1 Å². The van der Waals surface area contributed by atoms with Crippen molar-refractivity contribution in [3.05, 3.63) is 35.7 Å². The van der Waals surface area contributed by atoms with Crippen molar-refractivity contribution in [2.24, 2.45) is 0 Å². The molecule has 0 amide bonds. The lowest BCUT2D eigenvalue weighted by Gasteiger charge is -2.08. The van der Waals surface area contributed by atoms with Crippen molar-refractivity contribution < 1.29 is 5.11 Å². The summed E-state index contributed by atoms with van der Waals surface area (Å²) < 4.78 is 1.93. The highest BCUT2D eigenvalue weighted by Crippen LogP contribution is 2.22. The number of nitrogens with zero attached hydrogens (tertiary/aromatic N) is 3. The molecule has 1 N–H and O–H groups in total. The topological polar surface area (TPSA) is 50.9 Å². The van der Waals surface area contributed by atoms with Gasteiger partial charge in [0.2, 0.25) is 0 Å². The van der Waals surface area contributed by atoms with Crippen molar-refractivity contribution in [2.45, 2.75) is 39.8 Å². The van der Waals surface area contributed by atoms with Crippen LogP contribution in [0.2, 0.25) is 0 Å². The smallest absolute Gasteiger partial charge is 0.164 e. The van der Waals surface area contributed by atoms with Crippen LogP contribution in [-0.4, -0.2) is 19.9 Å². The van der Waals surface area contributed by atoms with Crippen molar-refractivity contribution in [3.8, 4) is 11.4 Å². The molecule has 1 aromatic heterocycles. The predicted molar refractivity (Wildman–Crippen MR) is 71.1 cm³/mol. The van der Waals surface area contributed by atoms with Crippen LogP contribution in [0, 0.1) is 0 Å². The van der Waals surface area contributed by atoms with Gasteiger partial charge in [0.25, 0.3) is 0 Å². The molecule has 0 saturated heterocycles. The molecule has 2 rings (SSSR count). The van der Waals surface area contributed by atoms with Crippen molar-refractivity contribution >= 4 is 0 Å². The highest BCUT2D eigenvalue weighted by atomic mass is 16.3. The molecule has 0 aliphatic heterocycles. The minimum Gasteiger partial charge on any atom is -0.388 e. The minimum atomic E-state index is -0.0785. The van der Waals surface area contributed by atoms with E-state index in [0.29, 0.717) is 11.7 Å². The molecule has 0 saturated carbocycles. The molecule has 96 valence electrons. The molecule has 0 unspecified atom stereocenters. The zero-order valence-electron chi connectivity index (χ0n) is 11.1. The molecule has 0 fully saturated rings. The molecule has 4 heteroatoms. The van der Waals surface area contributed by atoms with Crippen LogP contribution >= 0.6 is 0 Å². The summed E-state index contributed by atoms with van der Waals surface area (Å²) in [7, 11) is 0. The maximum atomic E-state index is 9.20. The van der Waals surface area contributed by atoms with Gasteiger partial charge in [-0.25, -0.2) is 0 Å². The van der Waals surface area contributed by atoms with E-state index >= 15 is 0 Å². The van der Waals surface area contributed by atoms with E-state index in [9.17, 15) is 5.11 Å². The predicted octanol–water partition coefficient (Wildman–Crippen LogP) is 2.58. The lowest BCUT2D eigenvalue weighted by molar-refractivity contribution is 0.265. The van der Waals surface area contributed by atoms with Crippen molar-refractivity contribution in [2.75, 3.05) is 0 Å². The van der Waals surface area contributed by atoms with Gasteiger partial charge in [0.15, 0.2) is 11.6 Å². The van der Waals surface area contributed by atoms with Gasteiger partial charge in [-0.2, -0.15) is 0 Å². The maximum Gasteiger partial charge on any atom is 0.164 e. The molecule has 18 heavy (non-hydrogen) atoms. The van der Waals surface area contributed by atoms with E-state index in [1.165, 1.54) is 5.56 Å². The number of rotatable bonds is 4. The van der Waals surface area contributed by atoms with E-state index in [4.69, 9.17) is 0 Å². The van der Waals surface area contributed by atoms with Crippen LogP contribution in [0.5, 0.6) is 0 Å². The highest BCUT2D eigenvalue weighted by Gasteiger charge is 2.11. The average Bonchev–Trinajstić information content (AvgIpc) is 2.81. The van der Waals surface area contributed by atoms with E-state index in [1.807, 2.05) is 11.5 Å². The lowest BCUT2D eigenvalue weighted by Crippen LogP contribution is -2.03. The van der Waals surface area contributed by atoms with Gasteiger partial charge in [-0.3, -0.25) is 0 Å². The number of benzene rings is 1. The first kappa shape index (κ1) is 12.8. The summed E-state index contributed by atoms with van der Waals surface area (Å²) in [6.07, 6.45) is 0. The Morgan fingerprint density at radius 3 is 2.33 bits per heavy atom. The Hall–Kier alpha value is -1.68. The average molecular weight is 245 g/mol. The molecule has 1 aromatic carbocycles. The summed E-state index contributed by atoms with van der Waals surface area (Å²) in [5.41, 5.74) is 2.34. The van der Waals surface area contributed by atoms with E-state index in [1.54, 1.807) is 0 Å². The zero-order chi connectivity index (χ0) is 13.1. The number of aliphatic hydroxyl groups excluding tert-OH is 1. The minimum absolute atomic E-state index is 0.0785. The van der Waals surface area contributed by atoms with Crippen LogP contribution in [0.15, 0.2) is 24.3 Å². The molecule has 0 spiro atoms. The first-order chi connectivity index (χ1) is 8.67. The third-order valence-electron chi connectivity index (χ3n) is 3.12. The molecule has 4 nitrogen and oxygen atoms in total. The second-order valence-corrected chi connectivity index (χ2v) is 4.62. The number of hydrogen-bond donors (Lipinski definition) is 1. The van der Waals surface area contributed by atoms with Crippen LogP contribution in [0.3, 0.4) is 0 Å². The zero-order valence-corrected chi connectivity index (χ0v) is 11.1. The van der Waals surface area contributed by atoms with Crippen LogP contribution in [0.4, 0.5) is 0 Å². The summed E-state index contributed by atoms with van der Waals surface area (Å²) in [6, 6.07) is 8.36. The van der Waals surface area contributed by atoms with Gasteiger partial charge in [-0.15, -0.1) is 10.2 Å². The summed E-state index contributed by atoms with van der Waals surface area (Å²) in [6.45, 7) is 7.05. The van der Waals surface area contributed by atoms with E-state index < -0.39 is 0 Å². The Balaban J connectivity index is 2.39. The monoisotopic (exact) mass is 245 g/mol. The molecule has 0 bridgehead atoms. The highest BCUT2D eigenvalue weighted by molar-refractivity contribution is 5.56. The Morgan fingerprint density at radius 2 is 1.83 bits per heavy atom. The fourth-order valence-corrected chi connectivity index (χ4v) is 2.02. The van der Waals surface area contributed by atoms with E-state index in [-0.39, 0.29) is 6.61 Å². The van der Waals surface area contributed by atoms with Crippen LogP contribution < -0.4 is 0 Å². The number of hydrogen-bond acceptors (Lipinski definition) is 3. The fraction of sp³-hybridized carbons (Fsp3) is 0.429. The third kappa shape index (κ3) is 2.29. The third-order valence-corrected chi connectivity index (χ3v) is 3.12. The van der Waals surface area contributed by atoms with Crippen LogP contribution in [0.25, 0.3) is 11.4 Å². The molecular weight excluding hydrogens is 226 g/mol. The molecular formula is C14H19N3O. The number of aliphatic hydroxyl groups is 1.